The van der Waals surface area contributed by atoms with Crippen LogP contribution in [0, 0.1) is 13.8 Å². The first-order valence-corrected chi connectivity index (χ1v) is 6.02. The molecule has 0 bridgehead atoms. The number of rotatable bonds is 3. The van der Waals surface area contributed by atoms with Gasteiger partial charge < -0.3 is 5.11 Å². The first-order chi connectivity index (χ1) is 9.40. The molecule has 0 radical (unpaired) electrons. The molecule has 2 N–H and O–H groups in total. The molecule has 0 amide bonds. The lowest BCUT2D eigenvalue weighted by atomic mass is 10.1. The van der Waals surface area contributed by atoms with E-state index in [1.165, 1.54) is 16.8 Å². The lowest BCUT2D eigenvalue weighted by Gasteiger charge is -2.08. The molecule has 0 atom stereocenters. The summed E-state index contributed by atoms with van der Waals surface area (Å²) in [4.78, 5) is 34.4. The maximum atomic E-state index is 12.0. The van der Waals surface area contributed by atoms with Crippen molar-refractivity contribution in [3.8, 4) is 0 Å². The summed E-state index contributed by atoms with van der Waals surface area (Å²) < 4.78 is 1.22. The first-order valence-electron chi connectivity index (χ1n) is 6.02. The zero-order chi connectivity index (χ0) is 14.9. The van der Waals surface area contributed by atoms with Crippen molar-refractivity contribution in [1.82, 2.24) is 9.78 Å². The Morgan fingerprint density at radius 1 is 1.15 bits per heavy atom. The quantitative estimate of drug-likeness (QED) is 0.869. The Hall–Kier alpha value is -2.63. The van der Waals surface area contributed by atoms with Gasteiger partial charge in [-0.15, -0.1) is 0 Å². The third kappa shape index (κ3) is 2.54. The van der Waals surface area contributed by atoms with Crippen LogP contribution in [0.5, 0.6) is 0 Å². The SMILES string of the molecule is Cc1c(C)c(=O)n(Cc2ccc(C(=O)O)cc2)[nH]c1=O. The number of carbonyl (C=O) groups is 1. The minimum absolute atomic E-state index is 0.176. The number of H-pyrrole nitrogens is 1. The van der Waals surface area contributed by atoms with Gasteiger partial charge in [-0.2, -0.15) is 0 Å². The van der Waals surface area contributed by atoms with Crippen LogP contribution in [0.25, 0.3) is 0 Å². The van der Waals surface area contributed by atoms with Crippen molar-refractivity contribution in [2.24, 2.45) is 0 Å². The third-order valence-corrected chi connectivity index (χ3v) is 3.25. The monoisotopic (exact) mass is 274 g/mol. The van der Waals surface area contributed by atoms with Crippen LogP contribution < -0.4 is 11.1 Å². The number of carboxylic acid groups (broad SMARTS) is 1. The van der Waals surface area contributed by atoms with E-state index in [-0.39, 0.29) is 23.2 Å². The number of nitrogens with zero attached hydrogens (tertiary/aromatic N) is 1. The molecule has 1 aromatic heterocycles. The van der Waals surface area contributed by atoms with E-state index in [4.69, 9.17) is 5.11 Å². The van der Waals surface area contributed by atoms with E-state index >= 15 is 0 Å². The van der Waals surface area contributed by atoms with Gasteiger partial charge in [0.1, 0.15) is 0 Å². The van der Waals surface area contributed by atoms with Gasteiger partial charge in [0.05, 0.1) is 12.1 Å². The average Bonchev–Trinajstić information content (AvgIpc) is 2.43. The molecule has 2 aromatic rings. The van der Waals surface area contributed by atoms with E-state index in [2.05, 4.69) is 5.10 Å². The van der Waals surface area contributed by atoms with Gasteiger partial charge in [0.25, 0.3) is 11.1 Å². The Morgan fingerprint density at radius 3 is 2.30 bits per heavy atom. The van der Waals surface area contributed by atoms with Gasteiger partial charge in [-0.05, 0) is 31.5 Å². The fourth-order valence-electron chi connectivity index (χ4n) is 1.84. The molecule has 6 heteroatoms. The number of aromatic carboxylic acids is 1. The van der Waals surface area contributed by atoms with Crippen molar-refractivity contribution in [3.05, 3.63) is 67.2 Å². The standard InChI is InChI=1S/C14H14N2O4/c1-8-9(2)13(18)16(15-12(8)17)7-10-3-5-11(6-4-10)14(19)20/h3-6H,7H2,1-2H3,(H,15,17)(H,19,20). The van der Waals surface area contributed by atoms with Crippen LogP contribution in [-0.2, 0) is 6.54 Å². The number of nitrogens with one attached hydrogen (secondary N) is 1. The molecule has 0 aliphatic rings. The molecule has 0 spiro atoms. The maximum Gasteiger partial charge on any atom is 0.335 e. The number of carboxylic acids is 1. The van der Waals surface area contributed by atoms with E-state index in [1.54, 1.807) is 26.0 Å². The average molecular weight is 274 g/mol. The predicted octanol–water partition coefficient (Wildman–Crippen LogP) is 0.900. The molecule has 6 nitrogen and oxygen atoms in total. The van der Waals surface area contributed by atoms with E-state index < -0.39 is 5.97 Å². The van der Waals surface area contributed by atoms with Crippen LogP contribution in [0.15, 0.2) is 33.9 Å². The Balaban J connectivity index is 2.38. The van der Waals surface area contributed by atoms with Crippen LogP contribution in [0.4, 0.5) is 0 Å². The normalized spacial score (nSPS) is 10.5. The minimum Gasteiger partial charge on any atom is -0.478 e. The van der Waals surface area contributed by atoms with Crippen molar-refractivity contribution >= 4 is 5.97 Å². The Labute approximate surface area is 114 Å². The predicted molar refractivity (Wildman–Crippen MR) is 73.3 cm³/mol. The molecular weight excluding hydrogens is 260 g/mol. The van der Waals surface area contributed by atoms with Crippen molar-refractivity contribution in [1.29, 1.82) is 0 Å². The molecular formula is C14H14N2O4. The van der Waals surface area contributed by atoms with Gasteiger partial charge in [0, 0.05) is 11.1 Å². The number of aromatic amines is 1. The number of hydrogen-bond donors (Lipinski definition) is 2. The smallest absolute Gasteiger partial charge is 0.335 e. The van der Waals surface area contributed by atoms with E-state index in [1.807, 2.05) is 0 Å². The summed E-state index contributed by atoms with van der Waals surface area (Å²) >= 11 is 0. The summed E-state index contributed by atoms with van der Waals surface area (Å²) in [6.45, 7) is 3.40. The zero-order valence-electron chi connectivity index (χ0n) is 11.1. The van der Waals surface area contributed by atoms with Gasteiger partial charge in [0.2, 0.25) is 0 Å². The molecule has 20 heavy (non-hydrogen) atoms. The van der Waals surface area contributed by atoms with E-state index in [0.717, 1.165) is 5.56 Å². The molecule has 0 fully saturated rings. The second-order valence-corrected chi connectivity index (χ2v) is 4.58. The number of aromatic nitrogens is 2. The highest BCUT2D eigenvalue weighted by Gasteiger charge is 2.08. The fraction of sp³-hybridized carbons (Fsp3) is 0.214. The second-order valence-electron chi connectivity index (χ2n) is 4.58. The second kappa shape index (κ2) is 5.16. The summed E-state index contributed by atoms with van der Waals surface area (Å²) in [7, 11) is 0. The van der Waals surface area contributed by atoms with Crippen molar-refractivity contribution in [2.75, 3.05) is 0 Å². The minimum atomic E-state index is -1.01. The largest absolute Gasteiger partial charge is 0.478 e. The van der Waals surface area contributed by atoms with Crippen LogP contribution in [0.2, 0.25) is 0 Å². The van der Waals surface area contributed by atoms with Crippen molar-refractivity contribution in [3.63, 3.8) is 0 Å². The van der Waals surface area contributed by atoms with Crippen LogP contribution in [-0.4, -0.2) is 20.9 Å². The van der Waals surface area contributed by atoms with Gasteiger partial charge >= 0.3 is 5.97 Å². The molecule has 2 rings (SSSR count). The molecule has 0 saturated carbocycles. The van der Waals surface area contributed by atoms with Crippen molar-refractivity contribution < 1.29 is 9.90 Å². The molecule has 0 aliphatic heterocycles. The summed E-state index contributed by atoms with van der Waals surface area (Å²) in [6.07, 6.45) is 0. The highest BCUT2D eigenvalue weighted by Crippen LogP contribution is 2.05. The maximum absolute atomic E-state index is 12.0. The van der Waals surface area contributed by atoms with Crippen LogP contribution >= 0.6 is 0 Å². The Morgan fingerprint density at radius 2 is 1.75 bits per heavy atom. The highest BCUT2D eigenvalue weighted by atomic mass is 16.4. The lowest BCUT2D eigenvalue weighted by molar-refractivity contribution is 0.0697. The Kier molecular flexibility index (Phi) is 3.56. The van der Waals surface area contributed by atoms with Crippen molar-refractivity contribution in [2.45, 2.75) is 20.4 Å². The fourth-order valence-corrected chi connectivity index (χ4v) is 1.84. The molecule has 1 heterocycles. The van der Waals surface area contributed by atoms with E-state index in [0.29, 0.717) is 11.1 Å². The zero-order valence-corrected chi connectivity index (χ0v) is 11.1. The summed E-state index contributed by atoms with van der Waals surface area (Å²) in [5, 5.41) is 11.3. The molecule has 0 aliphatic carbocycles. The van der Waals surface area contributed by atoms with E-state index in [9.17, 15) is 14.4 Å². The Bertz CT molecular complexity index is 769. The summed E-state index contributed by atoms with van der Waals surface area (Å²) in [5.74, 6) is -1.01. The van der Waals surface area contributed by atoms with Crippen LogP contribution in [0.3, 0.4) is 0 Å². The molecule has 104 valence electrons. The number of hydrogen-bond acceptors (Lipinski definition) is 3. The molecule has 0 unspecified atom stereocenters. The summed E-state index contributed by atoms with van der Waals surface area (Å²) in [6, 6.07) is 6.15. The number of benzene rings is 1. The highest BCUT2D eigenvalue weighted by molar-refractivity contribution is 5.87. The molecule has 1 aromatic carbocycles. The van der Waals surface area contributed by atoms with Crippen LogP contribution in [0.1, 0.15) is 27.0 Å². The van der Waals surface area contributed by atoms with Gasteiger partial charge in [0.15, 0.2) is 0 Å². The first kappa shape index (κ1) is 13.8. The summed E-state index contributed by atoms with van der Waals surface area (Å²) in [5.41, 5.74) is 1.17. The van der Waals surface area contributed by atoms with Gasteiger partial charge in [-0.25, -0.2) is 9.48 Å². The van der Waals surface area contributed by atoms with Gasteiger partial charge in [-0.3, -0.25) is 14.7 Å². The molecule has 0 saturated heterocycles. The lowest BCUT2D eigenvalue weighted by Crippen LogP contribution is -2.33. The van der Waals surface area contributed by atoms with Gasteiger partial charge in [-0.1, -0.05) is 12.1 Å². The third-order valence-electron chi connectivity index (χ3n) is 3.25. The topological polar surface area (TPSA) is 92.2 Å².